The molecule has 25 heavy (non-hydrogen) atoms. The van der Waals surface area contributed by atoms with Crippen molar-refractivity contribution in [2.45, 2.75) is 25.8 Å². The number of benzene rings is 1. The smallest absolute Gasteiger partial charge is 0.239 e. The van der Waals surface area contributed by atoms with E-state index in [9.17, 15) is 9.59 Å². The Bertz CT molecular complexity index is 600. The largest absolute Gasteiger partial charge is 0.497 e. The van der Waals surface area contributed by atoms with Gasteiger partial charge in [-0.15, -0.1) is 12.4 Å². The molecular formula is C18H26ClN3O3. The van der Waals surface area contributed by atoms with Gasteiger partial charge in [0.05, 0.1) is 13.7 Å². The van der Waals surface area contributed by atoms with Gasteiger partial charge in [0.15, 0.2) is 0 Å². The van der Waals surface area contributed by atoms with Crippen LogP contribution in [0.2, 0.25) is 0 Å². The first-order chi connectivity index (χ1) is 11.6. The average molecular weight is 368 g/mol. The maximum Gasteiger partial charge on any atom is 0.239 e. The molecule has 1 saturated carbocycles. The van der Waals surface area contributed by atoms with Crippen molar-refractivity contribution in [3.8, 4) is 5.75 Å². The maximum absolute atomic E-state index is 12.2. The Morgan fingerprint density at radius 3 is 2.52 bits per heavy atom. The molecule has 2 aliphatic rings. The monoisotopic (exact) mass is 367 g/mol. The predicted octanol–water partition coefficient (Wildman–Crippen LogP) is 1.24. The summed E-state index contributed by atoms with van der Waals surface area (Å²) in [6.45, 7) is 2.47. The summed E-state index contributed by atoms with van der Waals surface area (Å²) in [6.07, 6.45) is 3.09. The standard InChI is InChI=1S/C18H25N3O3.ClH/c1-24-14-4-2-13(3-5-14)11-20-16(22)12-21-17(23)15-10-18(15)6-8-19-9-7-18;/h2-5,15,19H,6-12H2,1H3,(H,20,22)(H,21,23);1H. The number of nitrogens with one attached hydrogen (secondary N) is 3. The molecule has 1 spiro atoms. The minimum Gasteiger partial charge on any atom is -0.497 e. The second kappa shape index (κ2) is 8.54. The molecule has 3 N–H and O–H groups in total. The molecule has 1 saturated heterocycles. The van der Waals surface area contributed by atoms with E-state index in [1.807, 2.05) is 24.3 Å². The highest BCUT2D eigenvalue weighted by molar-refractivity contribution is 5.87. The van der Waals surface area contributed by atoms with Gasteiger partial charge in [-0.1, -0.05) is 12.1 Å². The van der Waals surface area contributed by atoms with Gasteiger partial charge in [-0.2, -0.15) is 0 Å². The molecular weight excluding hydrogens is 342 g/mol. The molecule has 1 aromatic carbocycles. The predicted molar refractivity (Wildman–Crippen MR) is 97.7 cm³/mol. The minimum atomic E-state index is -0.167. The third-order valence-corrected chi connectivity index (χ3v) is 5.18. The summed E-state index contributed by atoms with van der Waals surface area (Å²) in [7, 11) is 1.62. The number of amides is 2. The van der Waals surface area contributed by atoms with E-state index in [1.54, 1.807) is 7.11 Å². The van der Waals surface area contributed by atoms with Crippen LogP contribution in [0.15, 0.2) is 24.3 Å². The van der Waals surface area contributed by atoms with Gasteiger partial charge in [0, 0.05) is 12.5 Å². The van der Waals surface area contributed by atoms with Gasteiger partial charge in [-0.05, 0) is 55.5 Å². The number of piperidine rings is 1. The summed E-state index contributed by atoms with van der Waals surface area (Å²) in [6, 6.07) is 7.52. The Hall–Kier alpha value is -1.79. The van der Waals surface area contributed by atoms with Gasteiger partial charge in [0.25, 0.3) is 0 Å². The lowest BCUT2D eigenvalue weighted by Crippen LogP contribution is -2.39. The molecule has 7 heteroatoms. The fraction of sp³-hybridized carbons (Fsp3) is 0.556. The van der Waals surface area contributed by atoms with E-state index in [0.29, 0.717) is 6.54 Å². The van der Waals surface area contributed by atoms with Crippen molar-refractivity contribution in [3.63, 3.8) is 0 Å². The molecule has 0 radical (unpaired) electrons. The molecule has 0 aromatic heterocycles. The average Bonchev–Trinajstić information content (AvgIpc) is 3.31. The fourth-order valence-electron chi connectivity index (χ4n) is 3.49. The molecule has 1 aliphatic carbocycles. The molecule has 1 aromatic rings. The minimum absolute atomic E-state index is 0. The number of ether oxygens (including phenoxy) is 1. The molecule has 3 rings (SSSR count). The van der Waals surface area contributed by atoms with E-state index in [4.69, 9.17) is 4.74 Å². The van der Waals surface area contributed by atoms with Gasteiger partial charge < -0.3 is 20.7 Å². The van der Waals surface area contributed by atoms with Crippen LogP contribution in [0.3, 0.4) is 0 Å². The third-order valence-electron chi connectivity index (χ3n) is 5.18. The second-order valence-corrected chi connectivity index (χ2v) is 6.71. The number of hydrogen-bond acceptors (Lipinski definition) is 4. The van der Waals surface area contributed by atoms with E-state index in [2.05, 4.69) is 16.0 Å². The molecule has 2 fully saturated rings. The van der Waals surface area contributed by atoms with Gasteiger partial charge in [-0.25, -0.2) is 0 Å². The molecule has 2 amide bonds. The highest BCUT2D eigenvalue weighted by Gasteiger charge is 2.57. The molecule has 138 valence electrons. The number of rotatable bonds is 6. The highest BCUT2D eigenvalue weighted by Crippen LogP contribution is 2.58. The van der Waals surface area contributed by atoms with Gasteiger partial charge in [0.1, 0.15) is 5.75 Å². The van der Waals surface area contributed by atoms with Crippen LogP contribution in [0, 0.1) is 11.3 Å². The number of carbonyl (C=O) groups excluding carboxylic acids is 2. The molecule has 1 atom stereocenters. The third kappa shape index (κ3) is 4.86. The number of hydrogen-bond donors (Lipinski definition) is 3. The lowest BCUT2D eigenvalue weighted by Gasteiger charge is -2.23. The summed E-state index contributed by atoms with van der Waals surface area (Å²) in [5.41, 5.74) is 1.20. The molecule has 6 nitrogen and oxygen atoms in total. The number of carbonyl (C=O) groups is 2. The number of methoxy groups -OCH3 is 1. The van der Waals surface area contributed by atoms with Crippen LogP contribution in [0.1, 0.15) is 24.8 Å². The van der Waals surface area contributed by atoms with Crippen LogP contribution in [0.4, 0.5) is 0 Å². The van der Waals surface area contributed by atoms with E-state index in [0.717, 1.165) is 43.7 Å². The Kier molecular flexibility index (Phi) is 6.67. The molecule has 0 bridgehead atoms. The first-order valence-corrected chi connectivity index (χ1v) is 8.51. The number of halogens is 1. The van der Waals surface area contributed by atoms with E-state index < -0.39 is 0 Å². The van der Waals surface area contributed by atoms with Crippen molar-refractivity contribution in [2.75, 3.05) is 26.7 Å². The fourth-order valence-corrected chi connectivity index (χ4v) is 3.49. The van der Waals surface area contributed by atoms with Crippen LogP contribution < -0.4 is 20.7 Å². The van der Waals surface area contributed by atoms with Crippen molar-refractivity contribution in [1.29, 1.82) is 0 Å². The van der Waals surface area contributed by atoms with Crippen LogP contribution in [-0.4, -0.2) is 38.6 Å². The Morgan fingerprint density at radius 1 is 1.20 bits per heavy atom. The van der Waals surface area contributed by atoms with Crippen LogP contribution >= 0.6 is 12.4 Å². The summed E-state index contributed by atoms with van der Waals surface area (Å²) in [5.74, 6) is 0.735. The lowest BCUT2D eigenvalue weighted by atomic mass is 9.92. The van der Waals surface area contributed by atoms with Crippen molar-refractivity contribution in [3.05, 3.63) is 29.8 Å². The van der Waals surface area contributed by atoms with Gasteiger partial charge in [0.2, 0.25) is 11.8 Å². The molecule has 1 unspecified atom stereocenters. The Labute approximate surface area is 154 Å². The van der Waals surface area contributed by atoms with E-state index in [1.165, 1.54) is 0 Å². The zero-order valence-electron chi connectivity index (χ0n) is 14.5. The lowest BCUT2D eigenvalue weighted by molar-refractivity contribution is -0.127. The summed E-state index contributed by atoms with van der Waals surface area (Å²) in [4.78, 5) is 24.1. The van der Waals surface area contributed by atoms with Crippen molar-refractivity contribution < 1.29 is 14.3 Å². The zero-order chi connectivity index (χ0) is 17.0. The molecule has 1 aliphatic heterocycles. The quantitative estimate of drug-likeness (QED) is 0.706. The van der Waals surface area contributed by atoms with Crippen LogP contribution in [-0.2, 0) is 16.1 Å². The molecule has 1 heterocycles. The SMILES string of the molecule is COc1ccc(CNC(=O)CNC(=O)C2CC23CCNCC3)cc1.Cl. The van der Waals surface area contributed by atoms with E-state index >= 15 is 0 Å². The Morgan fingerprint density at radius 2 is 1.88 bits per heavy atom. The highest BCUT2D eigenvalue weighted by atomic mass is 35.5. The van der Waals surface area contributed by atoms with Crippen molar-refractivity contribution in [1.82, 2.24) is 16.0 Å². The Balaban J connectivity index is 0.00000225. The van der Waals surface area contributed by atoms with Crippen LogP contribution in [0.25, 0.3) is 0 Å². The van der Waals surface area contributed by atoms with Gasteiger partial charge in [-0.3, -0.25) is 9.59 Å². The first-order valence-electron chi connectivity index (χ1n) is 8.51. The van der Waals surface area contributed by atoms with Crippen LogP contribution in [0.5, 0.6) is 5.75 Å². The normalized spacial score (nSPS) is 20.3. The summed E-state index contributed by atoms with van der Waals surface area (Å²) in [5, 5.41) is 8.92. The van der Waals surface area contributed by atoms with Crippen molar-refractivity contribution in [2.24, 2.45) is 11.3 Å². The topological polar surface area (TPSA) is 79.5 Å². The summed E-state index contributed by atoms with van der Waals surface area (Å²) < 4.78 is 5.10. The zero-order valence-corrected chi connectivity index (χ0v) is 15.3. The second-order valence-electron chi connectivity index (χ2n) is 6.71. The van der Waals surface area contributed by atoms with Crippen molar-refractivity contribution >= 4 is 24.2 Å². The maximum atomic E-state index is 12.2. The first kappa shape index (κ1) is 19.5. The summed E-state index contributed by atoms with van der Waals surface area (Å²) >= 11 is 0. The van der Waals surface area contributed by atoms with E-state index in [-0.39, 0.29) is 42.1 Å². The van der Waals surface area contributed by atoms with Gasteiger partial charge >= 0.3 is 0 Å².